The molecule has 3 aromatic rings. The summed E-state index contributed by atoms with van der Waals surface area (Å²) >= 11 is 0. The van der Waals surface area contributed by atoms with E-state index in [0.29, 0.717) is 24.7 Å². The molecule has 3 aromatic carbocycles. The van der Waals surface area contributed by atoms with Crippen molar-refractivity contribution in [1.82, 2.24) is 0 Å². The van der Waals surface area contributed by atoms with Gasteiger partial charge in [-0.05, 0) is 47.7 Å². The van der Waals surface area contributed by atoms with E-state index in [4.69, 9.17) is 9.84 Å². The van der Waals surface area contributed by atoms with Gasteiger partial charge in [0.1, 0.15) is 5.82 Å². The first kappa shape index (κ1) is 26.9. The van der Waals surface area contributed by atoms with Crippen molar-refractivity contribution >= 4 is 0 Å². The van der Waals surface area contributed by atoms with Gasteiger partial charge in [-0.2, -0.15) is 26.3 Å². The second kappa shape index (κ2) is 10.3. The van der Waals surface area contributed by atoms with E-state index in [1.165, 1.54) is 30.3 Å². The van der Waals surface area contributed by atoms with Crippen molar-refractivity contribution in [3.05, 3.63) is 77.6 Å². The number of rotatable bonds is 6. The zero-order chi connectivity index (χ0) is 27.0. The van der Waals surface area contributed by atoms with Crippen LogP contribution in [0, 0.1) is 17.5 Å². The smallest absolute Gasteiger partial charge is 0.423 e. The van der Waals surface area contributed by atoms with Crippen molar-refractivity contribution in [3.8, 4) is 28.0 Å². The molecule has 0 spiro atoms. The van der Waals surface area contributed by atoms with Gasteiger partial charge < -0.3 is 14.6 Å². The average Bonchev–Trinajstić information content (AvgIpc) is 2.86. The van der Waals surface area contributed by atoms with E-state index in [1.54, 1.807) is 12.1 Å². The van der Waals surface area contributed by atoms with Crippen molar-refractivity contribution < 1.29 is 49.7 Å². The minimum absolute atomic E-state index is 0.0189. The summed E-state index contributed by atoms with van der Waals surface area (Å²) in [6, 6.07) is 11.5. The van der Waals surface area contributed by atoms with Crippen LogP contribution in [-0.2, 0) is 4.74 Å². The molecular formula is C26H20F8O3. The van der Waals surface area contributed by atoms with Crippen LogP contribution < -0.4 is 4.74 Å². The van der Waals surface area contributed by atoms with Crippen molar-refractivity contribution in [2.75, 3.05) is 13.2 Å². The Hall–Kier alpha value is -3.18. The second-order valence-electron chi connectivity index (χ2n) is 8.58. The van der Waals surface area contributed by atoms with Gasteiger partial charge >= 0.3 is 12.3 Å². The lowest BCUT2D eigenvalue weighted by Crippen LogP contribution is -2.42. The Labute approximate surface area is 206 Å². The summed E-state index contributed by atoms with van der Waals surface area (Å²) in [5.74, 6) is -5.83. The van der Waals surface area contributed by atoms with E-state index in [1.807, 2.05) is 0 Å². The van der Waals surface area contributed by atoms with Gasteiger partial charge in [-0.1, -0.05) is 36.4 Å². The molecule has 1 saturated heterocycles. The Morgan fingerprint density at radius 1 is 0.811 bits per heavy atom. The molecule has 1 fully saturated rings. The molecule has 0 aliphatic carbocycles. The molecule has 2 unspecified atom stereocenters. The average molecular weight is 532 g/mol. The van der Waals surface area contributed by atoms with Gasteiger partial charge in [0.05, 0.1) is 19.3 Å². The number of alkyl halides is 5. The van der Waals surface area contributed by atoms with Crippen molar-refractivity contribution in [1.29, 1.82) is 0 Å². The fraction of sp³-hybridized carbons (Fsp3) is 0.308. The highest BCUT2D eigenvalue weighted by Gasteiger charge is 2.61. The summed E-state index contributed by atoms with van der Waals surface area (Å²) in [6.45, 7) is 0.289. The van der Waals surface area contributed by atoms with Crippen LogP contribution in [0.5, 0.6) is 5.75 Å². The molecule has 11 heteroatoms. The van der Waals surface area contributed by atoms with E-state index >= 15 is 0 Å². The highest BCUT2D eigenvalue weighted by atomic mass is 19.4. The Balaban J connectivity index is 1.53. The molecule has 2 atom stereocenters. The summed E-state index contributed by atoms with van der Waals surface area (Å²) in [7, 11) is 0. The first-order chi connectivity index (χ1) is 17.4. The lowest BCUT2D eigenvalue weighted by Gasteiger charge is -2.28. The summed E-state index contributed by atoms with van der Waals surface area (Å²) in [5, 5.41) is 9.16. The molecule has 1 N–H and O–H groups in total. The van der Waals surface area contributed by atoms with Gasteiger partial charge in [0.2, 0.25) is 5.82 Å². The molecule has 198 valence electrons. The number of hydrogen-bond acceptors (Lipinski definition) is 3. The lowest BCUT2D eigenvalue weighted by molar-refractivity contribution is -0.361. The Bertz CT molecular complexity index is 1250. The molecule has 0 bridgehead atoms. The zero-order valence-corrected chi connectivity index (χ0v) is 19.0. The summed E-state index contributed by atoms with van der Waals surface area (Å²) < 4.78 is 116. The number of ether oxygens (including phenoxy) is 2. The maximum absolute atomic E-state index is 14.9. The third-order valence-electron chi connectivity index (χ3n) is 6.16. The van der Waals surface area contributed by atoms with E-state index in [-0.39, 0.29) is 29.8 Å². The fourth-order valence-corrected chi connectivity index (χ4v) is 4.09. The van der Waals surface area contributed by atoms with Crippen LogP contribution in [-0.4, -0.2) is 36.7 Å². The van der Waals surface area contributed by atoms with Crippen LogP contribution in [0.1, 0.15) is 24.3 Å². The Morgan fingerprint density at radius 3 is 1.97 bits per heavy atom. The predicted octanol–water partition coefficient (Wildman–Crippen LogP) is 7.23. The largest absolute Gasteiger partial charge is 0.499 e. The summed E-state index contributed by atoms with van der Waals surface area (Å²) in [4.78, 5) is 0. The number of hydrogen-bond donors (Lipinski definition) is 1. The summed E-state index contributed by atoms with van der Waals surface area (Å²) in [6.07, 6.45) is -10.7. The highest BCUT2D eigenvalue weighted by Crippen LogP contribution is 2.40. The quantitative estimate of drug-likeness (QED) is 0.341. The second-order valence-corrected chi connectivity index (χ2v) is 8.58. The van der Waals surface area contributed by atoms with Crippen LogP contribution in [0.15, 0.2) is 54.6 Å². The van der Waals surface area contributed by atoms with Gasteiger partial charge in [0, 0.05) is 17.0 Å². The monoisotopic (exact) mass is 532 g/mol. The minimum Gasteiger partial charge on any atom is -0.423 e. The molecule has 1 aliphatic heterocycles. The molecule has 0 aromatic heterocycles. The Morgan fingerprint density at radius 2 is 1.43 bits per heavy atom. The van der Waals surface area contributed by atoms with Gasteiger partial charge in [-0.15, -0.1) is 0 Å². The van der Waals surface area contributed by atoms with Crippen molar-refractivity contribution in [2.24, 2.45) is 0 Å². The van der Waals surface area contributed by atoms with Gasteiger partial charge in [0.15, 0.2) is 11.6 Å². The summed E-state index contributed by atoms with van der Waals surface area (Å²) in [5.41, 5.74) is 1.05. The first-order valence-corrected chi connectivity index (χ1v) is 11.2. The highest BCUT2D eigenvalue weighted by molar-refractivity contribution is 5.71. The molecule has 0 radical (unpaired) electrons. The molecule has 0 amide bonds. The van der Waals surface area contributed by atoms with Crippen LogP contribution in [0.25, 0.3) is 22.3 Å². The molecule has 37 heavy (non-hydrogen) atoms. The molecule has 4 rings (SSSR count). The van der Waals surface area contributed by atoms with Crippen molar-refractivity contribution in [3.63, 3.8) is 0 Å². The predicted molar refractivity (Wildman–Crippen MR) is 118 cm³/mol. The first-order valence-electron chi connectivity index (χ1n) is 11.2. The van der Waals surface area contributed by atoms with Gasteiger partial charge in [-0.3, -0.25) is 0 Å². The molecule has 3 nitrogen and oxygen atoms in total. The van der Waals surface area contributed by atoms with E-state index in [9.17, 15) is 35.1 Å². The van der Waals surface area contributed by atoms with E-state index in [2.05, 4.69) is 4.74 Å². The van der Waals surface area contributed by atoms with Gasteiger partial charge in [-0.25, -0.2) is 8.78 Å². The number of halogens is 8. The molecule has 1 aliphatic rings. The van der Waals surface area contributed by atoms with Crippen LogP contribution >= 0.6 is 0 Å². The molecule has 1 heterocycles. The third kappa shape index (κ3) is 5.57. The maximum Gasteiger partial charge on any atom is 0.499 e. The SMILES string of the molecule is OCC1CCC(c2ccc(-c3ccc(-c4ccc(OC(F)(F)C(F)(F)F)c(F)c4F)cc3)c(F)c2)CO1. The van der Waals surface area contributed by atoms with Crippen LogP contribution in [0.3, 0.4) is 0 Å². The van der Waals surface area contributed by atoms with E-state index < -0.39 is 41.0 Å². The third-order valence-corrected chi connectivity index (χ3v) is 6.16. The molecular weight excluding hydrogens is 512 g/mol. The maximum atomic E-state index is 14.9. The standard InChI is InChI=1S/C26H20F8O3/c27-21-11-16(17-5-7-18(12-35)36-13-17)6-8-19(21)14-1-3-15(4-2-14)20-9-10-22(24(29)23(20)28)37-26(33,34)25(30,31)32/h1-4,6,8-11,17-18,35H,5,7,12-13H2. The number of benzene rings is 3. The lowest BCUT2D eigenvalue weighted by atomic mass is 9.90. The zero-order valence-electron chi connectivity index (χ0n) is 19.0. The van der Waals surface area contributed by atoms with E-state index in [0.717, 1.165) is 18.1 Å². The fourth-order valence-electron chi connectivity index (χ4n) is 4.09. The van der Waals surface area contributed by atoms with Crippen molar-refractivity contribution in [2.45, 2.75) is 37.1 Å². The Kier molecular flexibility index (Phi) is 7.48. The normalized spacial score (nSPS) is 18.6. The number of aliphatic hydroxyl groups is 1. The number of aliphatic hydroxyl groups excluding tert-OH is 1. The minimum atomic E-state index is -6.12. The topological polar surface area (TPSA) is 38.7 Å². The molecule has 0 saturated carbocycles. The van der Waals surface area contributed by atoms with Gasteiger partial charge in [0.25, 0.3) is 0 Å². The van der Waals surface area contributed by atoms with Crippen LogP contribution in [0.4, 0.5) is 35.1 Å². The van der Waals surface area contributed by atoms with Crippen LogP contribution in [0.2, 0.25) is 0 Å².